The highest BCUT2D eigenvalue weighted by Crippen LogP contribution is 2.32. The number of likely N-dealkylation sites (tertiary alicyclic amines) is 1. The molecule has 6 nitrogen and oxygen atoms in total. The largest absolute Gasteiger partial charge is 0.364 e. The molecule has 0 saturated carbocycles. The zero-order valence-electron chi connectivity index (χ0n) is 14.3. The minimum Gasteiger partial charge on any atom is -0.364 e. The molecular formula is C20H20N4O2. The van der Waals surface area contributed by atoms with Gasteiger partial charge in [0.1, 0.15) is 5.69 Å². The molecule has 26 heavy (non-hydrogen) atoms. The third-order valence-electron chi connectivity index (χ3n) is 4.99. The minimum atomic E-state index is -0.574. The van der Waals surface area contributed by atoms with Gasteiger partial charge in [0.15, 0.2) is 0 Å². The van der Waals surface area contributed by atoms with Gasteiger partial charge < -0.3 is 10.6 Å². The second kappa shape index (κ2) is 6.63. The van der Waals surface area contributed by atoms with Crippen LogP contribution in [0.4, 0.5) is 0 Å². The topological polar surface area (TPSA) is 92.1 Å². The number of amides is 2. The van der Waals surface area contributed by atoms with Crippen molar-refractivity contribution in [1.82, 2.24) is 15.1 Å². The van der Waals surface area contributed by atoms with Crippen molar-refractivity contribution < 1.29 is 9.59 Å². The van der Waals surface area contributed by atoms with Gasteiger partial charge in [-0.15, -0.1) is 0 Å². The Labute approximate surface area is 151 Å². The van der Waals surface area contributed by atoms with Crippen LogP contribution >= 0.6 is 0 Å². The van der Waals surface area contributed by atoms with E-state index in [4.69, 9.17) is 5.73 Å². The molecule has 2 heterocycles. The fraction of sp³-hybridized carbons (Fsp3) is 0.250. The number of carbonyl (C=O) groups excluding carboxylic acids is 2. The number of benzene rings is 2. The number of rotatable bonds is 3. The number of fused-ring (bicyclic) bond motifs is 1. The highest BCUT2D eigenvalue weighted by Gasteiger charge is 2.31. The summed E-state index contributed by atoms with van der Waals surface area (Å²) in [6.07, 6.45) is 2.82. The summed E-state index contributed by atoms with van der Waals surface area (Å²) >= 11 is 0. The number of aromatic amines is 1. The summed E-state index contributed by atoms with van der Waals surface area (Å²) in [5.41, 5.74) is 6.96. The Bertz CT molecular complexity index is 973. The van der Waals surface area contributed by atoms with E-state index in [9.17, 15) is 9.59 Å². The lowest BCUT2D eigenvalue weighted by Gasteiger charge is -2.35. The Kier molecular flexibility index (Phi) is 4.16. The van der Waals surface area contributed by atoms with E-state index in [1.807, 2.05) is 47.4 Å². The van der Waals surface area contributed by atoms with Crippen LogP contribution in [0.25, 0.3) is 10.8 Å². The normalized spacial score (nSPS) is 17.4. The van der Waals surface area contributed by atoms with Gasteiger partial charge in [0.2, 0.25) is 0 Å². The Hall–Kier alpha value is -3.15. The molecule has 1 saturated heterocycles. The molecule has 2 amide bonds. The molecule has 0 radical (unpaired) electrons. The number of aromatic nitrogens is 2. The van der Waals surface area contributed by atoms with Crippen molar-refractivity contribution in [3.63, 3.8) is 0 Å². The molecule has 3 aromatic rings. The molecule has 1 aliphatic heterocycles. The first-order valence-electron chi connectivity index (χ1n) is 8.79. The summed E-state index contributed by atoms with van der Waals surface area (Å²) in [4.78, 5) is 26.6. The highest BCUT2D eigenvalue weighted by molar-refractivity contribution is 6.07. The number of nitrogens with two attached hydrogens (primary N) is 1. The number of carbonyl (C=O) groups is 2. The van der Waals surface area contributed by atoms with Crippen molar-refractivity contribution in [2.45, 2.75) is 25.3 Å². The highest BCUT2D eigenvalue weighted by atomic mass is 16.2. The fourth-order valence-corrected chi connectivity index (χ4v) is 3.70. The van der Waals surface area contributed by atoms with Crippen LogP contribution in [0.2, 0.25) is 0 Å². The Morgan fingerprint density at radius 2 is 1.92 bits per heavy atom. The molecule has 1 aromatic heterocycles. The lowest BCUT2D eigenvalue weighted by Crippen LogP contribution is -2.38. The van der Waals surface area contributed by atoms with Crippen LogP contribution in [0.15, 0.2) is 48.5 Å². The summed E-state index contributed by atoms with van der Waals surface area (Å²) in [5.74, 6) is -0.572. The Balaban J connectivity index is 1.71. The van der Waals surface area contributed by atoms with Crippen molar-refractivity contribution >= 4 is 22.6 Å². The maximum absolute atomic E-state index is 13.3. The first kappa shape index (κ1) is 16.3. The van der Waals surface area contributed by atoms with Crippen LogP contribution in [0.5, 0.6) is 0 Å². The predicted octanol–water partition coefficient (Wildman–Crippen LogP) is 3.03. The lowest BCUT2D eigenvalue weighted by molar-refractivity contribution is 0.0608. The van der Waals surface area contributed by atoms with Gasteiger partial charge >= 0.3 is 0 Å². The van der Waals surface area contributed by atoms with E-state index in [2.05, 4.69) is 10.2 Å². The van der Waals surface area contributed by atoms with Crippen LogP contribution in [-0.2, 0) is 0 Å². The minimum absolute atomic E-state index is 0.00160. The standard InChI is InChI=1S/C20H20N4O2/c21-19(25)17-12-16(22-23-17)18-10-3-4-11-24(18)20(26)15-9-5-7-13-6-1-2-8-14(13)15/h1-2,5-9,12,18H,3-4,10-11H2,(H2,21,25)(H,22,23). The maximum Gasteiger partial charge on any atom is 0.269 e. The summed E-state index contributed by atoms with van der Waals surface area (Å²) in [6.45, 7) is 0.678. The number of hydrogen-bond donors (Lipinski definition) is 2. The molecule has 1 atom stereocenters. The molecule has 1 unspecified atom stereocenters. The fourth-order valence-electron chi connectivity index (χ4n) is 3.70. The number of nitrogens with zero attached hydrogens (tertiary/aromatic N) is 2. The SMILES string of the molecule is NC(=O)c1cc(C2CCCCN2C(=O)c2cccc3ccccc23)[nH]n1. The quantitative estimate of drug-likeness (QED) is 0.762. The van der Waals surface area contributed by atoms with Gasteiger partial charge in [-0.1, -0.05) is 36.4 Å². The van der Waals surface area contributed by atoms with Gasteiger partial charge in [-0.2, -0.15) is 5.10 Å². The first-order valence-corrected chi connectivity index (χ1v) is 8.79. The number of H-pyrrole nitrogens is 1. The molecular weight excluding hydrogens is 328 g/mol. The molecule has 132 valence electrons. The van der Waals surface area contributed by atoms with E-state index in [-0.39, 0.29) is 17.6 Å². The van der Waals surface area contributed by atoms with Crippen LogP contribution in [0.1, 0.15) is 51.8 Å². The van der Waals surface area contributed by atoms with E-state index in [0.29, 0.717) is 12.1 Å². The van der Waals surface area contributed by atoms with Crippen molar-refractivity contribution in [2.24, 2.45) is 5.73 Å². The van der Waals surface area contributed by atoms with Crippen molar-refractivity contribution in [2.75, 3.05) is 6.54 Å². The van der Waals surface area contributed by atoms with Gasteiger partial charge in [-0.25, -0.2) is 0 Å². The monoisotopic (exact) mass is 348 g/mol. The third-order valence-corrected chi connectivity index (χ3v) is 4.99. The second-order valence-corrected chi connectivity index (χ2v) is 6.61. The summed E-state index contributed by atoms with van der Waals surface area (Å²) in [5, 5.41) is 8.85. The molecule has 1 fully saturated rings. The number of nitrogens with one attached hydrogen (secondary N) is 1. The van der Waals surface area contributed by atoms with Gasteiger partial charge in [0.05, 0.1) is 11.7 Å². The van der Waals surface area contributed by atoms with Crippen molar-refractivity contribution in [3.05, 3.63) is 65.5 Å². The zero-order valence-corrected chi connectivity index (χ0v) is 14.3. The first-order chi connectivity index (χ1) is 12.6. The molecule has 4 rings (SSSR count). The predicted molar refractivity (Wildman–Crippen MR) is 98.7 cm³/mol. The van der Waals surface area contributed by atoms with E-state index in [1.54, 1.807) is 6.07 Å². The summed E-state index contributed by atoms with van der Waals surface area (Å²) < 4.78 is 0. The number of primary amides is 1. The van der Waals surface area contributed by atoms with E-state index >= 15 is 0 Å². The molecule has 6 heteroatoms. The number of hydrogen-bond acceptors (Lipinski definition) is 3. The van der Waals surface area contributed by atoms with Crippen LogP contribution in [0, 0.1) is 0 Å². The average molecular weight is 348 g/mol. The van der Waals surface area contributed by atoms with Crippen LogP contribution in [-0.4, -0.2) is 33.5 Å². The van der Waals surface area contributed by atoms with Crippen molar-refractivity contribution in [1.29, 1.82) is 0 Å². The molecule has 0 aliphatic carbocycles. The van der Waals surface area contributed by atoms with E-state index in [1.165, 1.54) is 0 Å². The van der Waals surface area contributed by atoms with E-state index in [0.717, 1.165) is 35.7 Å². The number of piperidine rings is 1. The van der Waals surface area contributed by atoms with E-state index < -0.39 is 5.91 Å². The van der Waals surface area contributed by atoms with Crippen LogP contribution in [0.3, 0.4) is 0 Å². The molecule has 3 N–H and O–H groups in total. The van der Waals surface area contributed by atoms with Gasteiger partial charge in [0.25, 0.3) is 11.8 Å². The Morgan fingerprint density at radius 1 is 1.12 bits per heavy atom. The molecule has 2 aromatic carbocycles. The second-order valence-electron chi connectivity index (χ2n) is 6.61. The average Bonchev–Trinajstić information content (AvgIpc) is 3.17. The van der Waals surface area contributed by atoms with Crippen molar-refractivity contribution in [3.8, 4) is 0 Å². The van der Waals surface area contributed by atoms with Gasteiger partial charge in [0, 0.05) is 12.1 Å². The summed E-state index contributed by atoms with van der Waals surface area (Å²) in [6, 6.07) is 15.2. The Morgan fingerprint density at radius 3 is 2.73 bits per heavy atom. The van der Waals surface area contributed by atoms with Gasteiger partial charge in [-0.05, 0) is 42.2 Å². The molecule has 0 bridgehead atoms. The zero-order chi connectivity index (χ0) is 18.1. The lowest BCUT2D eigenvalue weighted by atomic mass is 9.96. The van der Waals surface area contributed by atoms with Crippen LogP contribution < -0.4 is 5.73 Å². The summed E-state index contributed by atoms with van der Waals surface area (Å²) in [7, 11) is 0. The molecule has 1 aliphatic rings. The maximum atomic E-state index is 13.3. The van der Waals surface area contributed by atoms with Gasteiger partial charge in [-0.3, -0.25) is 14.7 Å². The molecule has 0 spiro atoms. The smallest absolute Gasteiger partial charge is 0.269 e. The third kappa shape index (κ3) is 2.83.